The van der Waals surface area contributed by atoms with E-state index in [9.17, 15) is 35.7 Å². The van der Waals surface area contributed by atoms with Crippen LogP contribution in [0, 0.1) is 0 Å². The van der Waals surface area contributed by atoms with E-state index in [-0.39, 0.29) is 6.42 Å². The molecule has 10 nitrogen and oxygen atoms in total. The molecule has 180 valence electrons. The van der Waals surface area contributed by atoms with Gasteiger partial charge < -0.3 is 50.0 Å². The van der Waals surface area contributed by atoms with E-state index in [1.165, 1.54) is 5.57 Å². The van der Waals surface area contributed by atoms with E-state index in [2.05, 4.69) is 6.08 Å². The van der Waals surface area contributed by atoms with E-state index in [0.29, 0.717) is 0 Å². The molecule has 0 aromatic rings. The Hall–Kier alpha value is -0.920. The van der Waals surface area contributed by atoms with Crippen molar-refractivity contribution in [2.45, 2.75) is 94.8 Å². The molecule has 31 heavy (non-hydrogen) atoms. The Kier molecular flexibility index (Phi) is 9.58. The number of aliphatic hydroxyl groups excluding tert-OH is 7. The number of aliphatic hydroxyl groups is 7. The summed E-state index contributed by atoms with van der Waals surface area (Å²) >= 11 is 0. The van der Waals surface area contributed by atoms with Crippen molar-refractivity contribution in [2.24, 2.45) is 0 Å². The predicted molar refractivity (Wildman–Crippen MR) is 109 cm³/mol. The van der Waals surface area contributed by atoms with Crippen LogP contribution in [0.2, 0.25) is 0 Å². The SMILES string of the molecule is CC(C)=CCCC(C)=CC[C@@]1(O[C@@H]2O[C@@H](CO)[C@H](O)[C@H]2O)O[C@H](CO)[C@@H](O)[C@H](O)[C@H]1O. The first-order chi connectivity index (χ1) is 14.6. The van der Waals surface area contributed by atoms with E-state index in [1.807, 2.05) is 20.8 Å². The zero-order valence-electron chi connectivity index (χ0n) is 18.2. The molecule has 0 unspecified atom stereocenters. The molecule has 10 heteroatoms. The lowest BCUT2D eigenvalue weighted by Crippen LogP contribution is -2.67. The Balaban J connectivity index is 2.28. The van der Waals surface area contributed by atoms with Gasteiger partial charge >= 0.3 is 0 Å². The summed E-state index contributed by atoms with van der Waals surface area (Å²) in [4.78, 5) is 0. The molecule has 2 saturated heterocycles. The number of ether oxygens (including phenoxy) is 3. The van der Waals surface area contributed by atoms with Crippen molar-refractivity contribution in [3.05, 3.63) is 23.3 Å². The van der Waals surface area contributed by atoms with Gasteiger partial charge in [-0.2, -0.15) is 0 Å². The van der Waals surface area contributed by atoms with Gasteiger partial charge in [-0.3, -0.25) is 0 Å². The van der Waals surface area contributed by atoms with Crippen molar-refractivity contribution in [1.29, 1.82) is 0 Å². The van der Waals surface area contributed by atoms with E-state index in [1.54, 1.807) is 6.08 Å². The first-order valence-electron chi connectivity index (χ1n) is 10.5. The fraction of sp³-hybridized carbons (Fsp3) is 0.810. The highest BCUT2D eigenvalue weighted by molar-refractivity contribution is 5.07. The molecule has 0 aromatic carbocycles. The van der Waals surface area contributed by atoms with Crippen LogP contribution in [0.25, 0.3) is 0 Å². The van der Waals surface area contributed by atoms with Crippen molar-refractivity contribution in [3.8, 4) is 0 Å². The van der Waals surface area contributed by atoms with E-state index in [4.69, 9.17) is 14.2 Å². The molecule has 0 aliphatic carbocycles. The molecule has 2 aliphatic rings. The third-order valence-electron chi connectivity index (χ3n) is 5.68. The minimum Gasteiger partial charge on any atom is -0.394 e. The molecule has 2 rings (SSSR count). The van der Waals surface area contributed by atoms with Gasteiger partial charge in [-0.1, -0.05) is 23.3 Å². The second-order valence-electron chi connectivity index (χ2n) is 8.48. The standard InChI is InChI=1S/C21H36O10/c1-11(2)5-4-6-12(3)7-8-21(19(28)17(26)16(25)14(10-23)30-21)31-20-18(27)15(24)13(9-22)29-20/h5,7,13-20,22-28H,4,6,8-10H2,1-3H3/t13-,14+,15-,16+,17-,18+,19+,20-,21-/m0/s1. The average Bonchev–Trinajstić information content (AvgIpc) is 3.00. The van der Waals surface area contributed by atoms with Gasteiger partial charge in [0.05, 0.1) is 13.2 Å². The van der Waals surface area contributed by atoms with Crippen LogP contribution in [-0.4, -0.2) is 104 Å². The number of hydrogen-bond donors (Lipinski definition) is 7. The normalized spacial score (nSPS) is 41.4. The van der Waals surface area contributed by atoms with Crippen LogP contribution in [0.1, 0.15) is 40.0 Å². The van der Waals surface area contributed by atoms with Crippen molar-refractivity contribution >= 4 is 0 Å². The van der Waals surface area contributed by atoms with Crippen LogP contribution in [0.5, 0.6) is 0 Å². The topological polar surface area (TPSA) is 169 Å². The second-order valence-corrected chi connectivity index (χ2v) is 8.48. The van der Waals surface area contributed by atoms with Gasteiger partial charge in [0.15, 0.2) is 6.29 Å². The Morgan fingerprint density at radius 3 is 2.03 bits per heavy atom. The van der Waals surface area contributed by atoms with Gasteiger partial charge in [0, 0.05) is 6.42 Å². The van der Waals surface area contributed by atoms with Crippen molar-refractivity contribution < 1.29 is 50.0 Å². The monoisotopic (exact) mass is 448 g/mol. The minimum absolute atomic E-state index is 0.0957. The van der Waals surface area contributed by atoms with Crippen molar-refractivity contribution in [3.63, 3.8) is 0 Å². The summed E-state index contributed by atoms with van der Waals surface area (Å²) < 4.78 is 16.8. The molecule has 9 atom stereocenters. The third-order valence-corrected chi connectivity index (χ3v) is 5.68. The van der Waals surface area contributed by atoms with E-state index >= 15 is 0 Å². The smallest absolute Gasteiger partial charge is 0.204 e. The van der Waals surface area contributed by atoms with Crippen molar-refractivity contribution in [2.75, 3.05) is 13.2 Å². The summed E-state index contributed by atoms with van der Waals surface area (Å²) in [5.74, 6) is -1.99. The van der Waals surface area contributed by atoms with Gasteiger partial charge in [0.2, 0.25) is 5.79 Å². The zero-order valence-corrected chi connectivity index (χ0v) is 18.2. The lowest BCUT2D eigenvalue weighted by atomic mass is 9.89. The molecule has 0 saturated carbocycles. The fourth-order valence-electron chi connectivity index (χ4n) is 3.69. The highest BCUT2D eigenvalue weighted by Gasteiger charge is 2.57. The van der Waals surface area contributed by atoms with Gasteiger partial charge in [-0.15, -0.1) is 0 Å². The van der Waals surface area contributed by atoms with E-state index in [0.717, 1.165) is 18.4 Å². The molecule has 2 heterocycles. The van der Waals surface area contributed by atoms with Gasteiger partial charge in [0.1, 0.15) is 42.7 Å². The second kappa shape index (κ2) is 11.3. The highest BCUT2D eigenvalue weighted by Crippen LogP contribution is 2.38. The van der Waals surface area contributed by atoms with Gasteiger partial charge in [-0.05, 0) is 33.6 Å². The summed E-state index contributed by atoms with van der Waals surface area (Å²) in [7, 11) is 0. The Morgan fingerprint density at radius 2 is 1.48 bits per heavy atom. The summed E-state index contributed by atoms with van der Waals surface area (Å²) in [5.41, 5.74) is 2.13. The molecule has 7 N–H and O–H groups in total. The highest BCUT2D eigenvalue weighted by atomic mass is 16.8. The maximum absolute atomic E-state index is 10.7. The largest absolute Gasteiger partial charge is 0.394 e. The molecule has 2 fully saturated rings. The Labute approximate surface area is 182 Å². The number of hydrogen-bond acceptors (Lipinski definition) is 10. The van der Waals surface area contributed by atoms with Crippen LogP contribution in [-0.2, 0) is 14.2 Å². The first kappa shape index (κ1) is 26.3. The van der Waals surface area contributed by atoms with Crippen LogP contribution >= 0.6 is 0 Å². The average molecular weight is 449 g/mol. The minimum atomic E-state index is -1.99. The Morgan fingerprint density at radius 1 is 0.871 bits per heavy atom. The molecular weight excluding hydrogens is 412 g/mol. The number of allylic oxidation sites excluding steroid dienone is 3. The van der Waals surface area contributed by atoms with Gasteiger partial charge in [0.25, 0.3) is 0 Å². The zero-order chi connectivity index (χ0) is 23.3. The molecule has 0 bridgehead atoms. The maximum atomic E-state index is 10.7. The van der Waals surface area contributed by atoms with Crippen molar-refractivity contribution in [1.82, 2.24) is 0 Å². The lowest BCUT2D eigenvalue weighted by molar-refractivity contribution is -0.398. The van der Waals surface area contributed by atoms with Crippen LogP contribution in [0.15, 0.2) is 23.3 Å². The fourth-order valence-corrected chi connectivity index (χ4v) is 3.69. The summed E-state index contributed by atoms with van der Waals surface area (Å²) in [6.07, 6.45) is -6.62. The molecule has 0 spiro atoms. The molecule has 0 radical (unpaired) electrons. The molecule has 0 aromatic heterocycles. The molecule has 0 amide bonds. The van der Waals surface area contributed by atoms with E-state index < -0.39 is 68.0 Å². The first-order valence-corrected chi connectivity index (χ1v) is 10.5. The maximum Gasteiger partial charge on any atom is 0.204 e. The van der Waals surface area contributed by atoms with Crippen LogP contribution in [0.4, 0.5) is 0 Å². The lowest BCUT2D eigenvalue weighted by Gasteiger charge is -2.48. The van der Waals surface area contributed by atoms with Gasteiger partial charge in [-0.25, -0.2) is 0 Å². The molecular formula is C21H36O10. The number of rotatable bonds is 9. The van der Waals surface area contributed by atoms with Crippen LogP contribution < -0.4 is 0 Å². The summed E-state index contributed by atoms with van der Waals surface area (Å²) in [5, 5.41) is 70.3. The predicted octanol–water partition coefficient (Wildman–Crippen LogP) is -1.31. The third kappa shape index (κ3) is 6.11. The Bertz CT molecular complexity index is 632. The quantitative estimate of drug-likeness (QED) is 0.210. The molecule has 2 aliphatic heterocycles. The summed E-state index contributed by atoms with van der Waals surface area (Å²) in [6, 6.07) is 0. The summed E-state index contributed by atoms with van der Waals surface area (Å²) in [6.45, 7) is 4.64. The van der Waals surface area contributed by atoms with Crippen LogP contribution in [0.3, 0.4) is 0 Å².